The zero-order valence-corrected chi connectivity index (χ0v) is 16.9. The highest BCUT2D eigenvalue weighted by Gasteiger charge is 2.52. The third-order valence-electron chi connectivity index (χ3n) is 5.08. The van der Waals surface area contributed by atoms with Crippen LogP contribution in [0.25, 0.3) is 6.08 Å². The summed E-state index contributed by atoms with van der Waals surface area (Å²) in [6, 6.07) is 6.77. The molecule has 0 radical (unpaired) electrons. The van der Waals surface area contributed by atoms with Gasteiger partial charge in [0.2, 0.25) is 0 Å². The van der Waals surface area contributed by atoms with E-state index in [1.807, 2.05) is 4.82 Å². The fraction of sp³-hybridized carbons (Fsp3) is 0.556. The maximum absolute atomic E-state index is 5.45. The zero-order chi connectivity index (χ0) is 16.0. The molecule has 116 valence electrons. The molecule has 0 aliphatic carbocycles. The Morgan fingerprint density at radius 1 is 1.00 bits per heavy atom. The quantitative estimate of drug-likeness (QED) is 0.711. The van der Waals surface area contributed by atoms with Crippen molar-refractivity contribution < 1.29 is 4.74 Å². The van der Waals surface area contributed by atoms with E-state index in [2.05, 4.69) is 71.6 Å². The summed E-state index contributed by atoms with van der Waals surface area (Å²) in [6.07, 6.45) is 2.54. The maximum atomic E-state index is 5.45. The van der Waals surface area contributed by atoms with E-state index in [1.165, 1.54) is 5.56 Å². The van der Waals surface area contributed by atoms with Crippen LogP contribution in [0.2, 0.25) is 30.7 Å². The first-order chi connectivity index (χ1) is 9.65. The monoisotopic (exact) mass is 318 g/mol. The third kappa shape index (κ3) is 2.44. The van der Waals surface area contributed by atoms with Crippen molar-refractivity contribution in [1.29, 1.82) is 0 Å². The molecule has 0 unspecified atom stereocenters. The average Bonchev–Trinajstić information content (AvgIpc) is 2.73. The molecule has 1 heterocycles. The van der Waals surface area contributed by atoms with Gasteiger partial charge in [-0.2, -0.15) is 0 Å². The minimum atomic E-state index is -1.64. The van der Waals surface area contributed by atoms with Gasteiger partial charge >= 0.3 is 0 Å². The van der Waals surface area contributed by atoms with Gasteiger partial charge in [-0.25, -0.2) is 0 Å². The number of ether oxygens (including phenoxy) is 1. The number of hydrogen-bond donors (Lipinski definition) is 0. The van der Waals surface area contributed by atoms with Gasteiger partial charge in [-0.15, -0.1) is 0 Å². The van der Waals surface area contributed by atoms with Gasteiger partial charge in [0.1, 0.15) is 13.8 Å². The highest BCUT2D eigenvalue weighted by atomic mass is 28.4. The van der Waals surface area contributed by atoms with Crippen LogP contribution in [0, 0.1) is 0 Å². The van der Waals surface area contributed by atoms with Crippen LogP contribution in [-0.4, -0.2) is 23.3 Å². The maximum Gasteiger partial charge on any atom is 0.119 e. The van der Waals surface area contributed by atoms with Crippen LogP contribution in [0.1, 0.15) is 33.3 Å². The molecule has 21 heavy (non-hydrogen) atoms. The molecule has 1 aromatic rings. The number of methoxy groups -OCH3 is 1. The van der Waals surface area contributed by atoms with E-state index in [0.717, 1.165) is 16.8 Å². The van der Waals surface area contributed by atoms with E-state index in [1.54, 1.807) is 12.3 Å². The summed E-state index contributed by atoms with van der Waals surface area (Å²) in [5, 5.41) is 1.64. The van der Waals surface area contributed by atoms with Crippen LogP contribution in [0.5, 0.6) is 5.75 Å². The highest BCUT2D eigenvalue weighted by molar-refractivity contribution is 7.15. The summed E-state index contributed by atoms with van der Waals surface area (Å²) in [5.74, 6) is 0.984. The van der Waals surface area contributed by atoms with Gasteiger partial charge in [-0.05, 0) is 34.0 Å². The van der Waals surface area contributed by atoms with Gasteiger partial charge in [0.25, 0.3) is 0 Å². The van der Waals surface area contributed by atoms with Gasteiger partial charge in [-0.1, -0.05) is 64.3 Å². The number of rotatable bonds is 4. The van der Waals surface area contributed by atoms with E-state index in [0.29, 0.717) is 0 Å². The van der Waals surface area contributed by atoms with Crippen LogP contribution in [0.3, 0.4) is 0 Å². The molecular formula is C18H30OSi2. The SMILES string of the molecule is COc1ccc2c(c1)C=C([Si](C)(C)C)[Si]2(C(C)C)C(C)C. The summed E-state index contributed by atoms with van der Waals surface area (Å²) in [5.41, 5.74) is 2.91. The minimum absolute atomic E-state index is 0.741. The Labute approximate surface area is 132 Å². The molecule has 0 saturated carbocycles. The zero-order valence-electron chi connectivity index (χ0n) is 14.9. The van der Waals surface area contributed by atoms with Crippen molar-refractivity contribution in [2.24, 2.45) is 0 Å². The van der Waals surface area contributed by atoms with Crippen molar-refractivity contribution in [2.75, 3.05) is 7.11 Å². The Bertz CT molecular complexity index is 557. The number of benzene rings is 1. The summed E-state index contributed by atoms with van der Waals surface area (Å²) < 4.78 is 5.45. The van der Waals surface area contributed by atoms with E-state index in [-0.39, 0.29) is 0 Å². The van der Waals surface area contributed by atoms with Crippen molar-refractivity contribution >= 4 is 27.4 Å². The first-order valence-electron chi connectivity index (χ1n) is 8.06. The van der Waals surface area contributed by atoms with E-state index in [4.69, 9.17) is 4.74 Å². The molecule has 0 bridgehead atoms. The lowest BCUT2D eigenvalue weighted by atomic mass is 10.2. The normalized spacial score (nSPS) is 17.1. The topological polar surface area (TPSA) is 9.23 Å². The van der Waals surface area contributed by atoms with E-state index >= 15 is 0 Å². The Morgan fingerprint density at radius 3 is 2.00 bits per heavy atom. The predicted molar refractivity (Wildman–Crippen MR) is 99.9 cm³/mol. The molecule has 1 aromatic carbocycles. The lowest BCUT2D eigenvalue weighted by Gasteiger charge is -2.43. The average molecular weight is 319 g/mol. The minimum Gasteiger partial charge on any atom is -0.497 e. The van der Waals surface area contributed by atoms with Crippen LogP contribution in [0.4, 0.5) is 0 Å². The van der Waals surface area contributed by atoms with Gasteiger partial charge in [-0.3, -0.25) is 0 Å². The molecule has 3 heteroatoms. The first-order valence-corrected chi connectivity index (χ1v) is 13.7. The number of fused-ring (bicyclic) bond motifs is 1. The highest BCUT2D eigenvalue weighted by Crippen LogP contribution is 2.46. The Hall–Kier alpha value is -0.806. The second-order valence-electron chi connectivity index (χ2n) is 7.94. The van der Waals surface area contributed by atoms with Crippen LogP contribution >= 0.6 is 0 Å². The largest absolute Gasteiger partial charge is 0.497 e. The molecule has 1 nitrogen and oxygen atoms in total. The fourth-order valence-corrected chi connectivity index (χ4v) is 17.5. The standard InChI is InChI=1S/C18H30OSi2/c1-13(2)21(14(3)4)17-10-9-16(19-5)11-15(17)12-18(21)20(6,7)8/h9-14H,1-8H3. The Balaban J connectivity index is 2.76. The molecule has 0 spiro atoms. The summed E-state index contributed by atoms with van der Waals surface area (Å²) >= 11 is 0. The van der Waals surface area contributed by atoms with Gasteiger partial charge < -0.3 is 4.74 Å². The summed E-state index contributed by atoms with van der Waals surface area (Å²) in [6.45, 7) is 17.3. The molecule has 0 atom stereocenters. The second-order valence-corrected chi connectivity index (χ2v) is 18.6. The first kappa shape index (κ1) is 16.6. The van der Waals surface area contributed by atoms with Gasteiger partial charge in [0, 0.05) is 0 Å². The lowest BCUT2D eigenvalue weighted by molar-refractivity contribution is 0.415. The van der Waals surface area contributed by atoms with Crippen molar-refractivity contribution in [3.05, 3.63) is 28.6 Å². The van der Waals surface area contributed by atoms with Crippen LogP contribution in [-0.2, 0) is 0 Å². The molecule has 0 saturated heterocycles. The van der Waals surface area contributed by atoms with E-state index in [9.17, 15) is 0 Å². The van der Waals surface area contributed by atoms with Gasteiger partial charge in [0.15, 0.2) is 0 Å². The van der Waals surface area contributed by atoms with E-state index < -0.39 is 16.1 Å². The Kier molecular flexibility index (Phi) is 4.29. The molecule has 0 fully saturated rings. The van der Waals surface area contributed by atoms with Crippen LogP contribution < -0.4 is 9.92 Å². The van der Waals surface area contributed by atoms with Crippen LogP contribution in [0.15, 0.2) is 23.0 Å². The van der Waals surface area contributed by atoms with Gasteiger partial charge in [0.05, 0.1) is 15.2 Å². The predicted octanol–water partition coefficient (Wildman–Crippen LogP) is 4.98. The van der Waals surface area contributed by atoms with Crippen molar-refractivity contribution in [2.45, 2.75) is 58.4 Å². The second kappa shape index (κ2) is 5.43. The summed E-state index contributed by atoms with van der Waals surface area (Å²) in [4.78, 5) is 1.84. The molecule has 0 amide bonds. The molecule has 1 aliphatic rings. The lowest BCUT2D eigenvalue weighted by Crippen LogP contribution is -2.58. The smallest absolute Gasteiger partial charge is 0.119 e. The molecule has 0 N–H and O–H groups in total. The third-order valence-corrected chi connectivity index (χ3v) is 16.4. The molecule has 0 aromatic heterocycles. The van der Waals surface area contributed by atoms with Crippen molar-refractivity contribution in [3.63, 3.8) is 0 Å². The fourth-order valence-electron chi connectivity index (χ4n) is 4.33. The Morgan fingerprint density at radius 2 is 1.57 bits per heavy atom. The van der Waals surface area contributed by atoms with Crippen molar-refractivity contribution in [1.82, 2.24) is 0 Å². The molecule has 1 aliphatic heterocycles. The molecule has 2 rings (SSSR count). The molecular weight excluding hydrogens is 288 g/mol. The summed E-state index contributed by atoms with van der Waals surface area (Å²) in [7, 11) is -1.21. The number of hydrogen-bond acceptors (Lipinski definition) is 1. The van der Waals surface area contributed by atoms with Crippen molar-refractivity contribution in [3.8, 4) is 5.75 Å².